The lowest BCUT2D eigenvalue weighted by atomic mass is 10.1. The number of hydrogen-bond donors (Lipinski definition) is 1. The van der Waals surface area contributed by atoms with Crippen LogP contribution in [0.4, 0.5) is 14.9 Å². The molecule has 0 bridgehead atoms. The van der Waals surface area contributed by atoms with Gasteiger partial charge in [0.1, 0.15) is 5.82 Å². The molecule has 0 atom stereocenters. The van der Waals surface area contributed by atoms with Crippen molar-refractivity contribution in [3.63, 3.8) is 0 Å². The van der Waals surface area contributed by atoms with Crippen LogP contribution in [0, 0.1) is 5.82 Å². The molecule has 0 saturated carbocycles. The van der Waals surface area contributed by atoms with Gasteiger partial charge in [0, 0.05) is 16.3 Å². The van der Waals surface area contributed by atoms with Crippen molar-refractivity contribution in [2.75, 3.05) is 19.0 Å². The molecule has 184 valence electrons. The Kier molecular flexibility index (Phi) is 7.92. The normalized spacial score (nSPS) is 14.3. The third-order valence-electron chi connectivity index (χ3n) is 5.15. The van der Waals surface area contributed by atoms with E-state index in [1.54, 1.807) is 30.3 Å². The maximum absolute atomic E-state index is 14.1. The number of para-hydroxylation sites is 1. The summed E-state index contributed by atoms with van der Waals surface area (Å²) in [7, 11) is 1.45. The first-order chi connectivity index (χ1) is 17.4. The number of anilines is 1. The van der Waals surface area contributed by atoms with Gasteiger partial charge < -0.3 is 14.8 Å². The molecule has 3 aromatic rings. The molecule has 1 saturated heterocycles. The van der Waals surface area contributed by atoms with E-state index in [1.807, 2.05) is 18.2 Å². The second kappa shape index (κ2) is 11.3. The van der Waals surface area contributed by atoms with E-state index in [-0.39, 0.29) is 34.6 Å². The molecule has 1 aliphatic heterocycles. The predicted molar refractivity (Wildman–Crippen MR) is 136 cm³/mol. The predicted octanol–water partition coefficient (Wildman–Crippen LogP) is 5.74. The molecule has 0 aromatic heterocycles. The molecular weight excluding hydrogens is 507 g/mol. The minimum absolute atomic E-state index is 0.0715. The van der Waals surface area contributed by atoms with Gasteiger partial charge in [-0.2, -0.15) is 0 Å². The van der Waals surface area contributed by atoms with E-state index in [2.05, 4.69) is 5.32 Å². The standard InChI is InChI=1S/C26H20ClFN2O5S/c1-34-22-12-16(10-11-21(22)35-15-24(31)29-17-6-3-2-4-7-17)13-23-25(32)30(26(33)36-23)14-18-19(27)8-5-9-20(18)28/h2-13H,14-15H2,1H3,(H,29,31). The topological polar surface area (TPSA) is 84.9 Å². The van der Waals surface area contributed by atoms with Crippen LogP contribution < -0.4 is 14.8 Å². The Morgan fingerprint density at radius 2 is 1.86 bits per heavy atom. The fourth-order valence-corrected chi connectivity index (χ4v) is 4.45. The molecule has 0 radical (unpaired) electrons. The largest absolute Gasteiger partial charge is 0.493 e. The van der Waals surface area contributed by atoms with Gasteiger partial charge in [-0.25, -0.2) is 4.39 Å². The van der Waals surface area contributed by atoms with Crippen LogP contribution in [0.15, 0.2) is 71.6 Å². The molecular formula is C26H20ClFN2O5S. The number of hydrogen-bond acceptors (Lipinski definition) is 6. The van der Waals surface area contributed by atoms with Gasteiger partial charge in [0.2, 0.25) is 0 Å². The number of imide groups is 1. The van der Waals surface area contributed by atoms with Gasteiger partial charge >= 0.3 is 0 Å². The van der Waals surface area contributed by atoms with Crippen LogP contribution in [0.25, 0.3) is 6.08 Å². The summed E-state index contributed by atoms with van der Waals surface area (Å²) in [5, 5.41) is 2.33. The number of halogens is 2. The van der Waals surface area contributed by atoms with Gasteiger partial charge in [-0.05, 0) is 59.8 Å². The Balaban J connectivity index is 1.44. The molecule has 1 N–H and O–H groups in total. The number of carbonyl (C=O) groups is 3. The highest BCUT2D eigenvalue weighted by molar-refractivity contribution is 8.18. The van der Waals surface area contributed by atoms with Crippen LogP contribution in [0.3, 0.4) is 0 Å². The highest BCUT2D eigenvalue weighted by Gasteiger charge is 2.36. The second-order valence-corrected chi connectivity index (χ2v) is 8.98. The number of rotatable bonds is 8. The molecule has 0 unspecified atom stereocenters. The SMILES string of the molecule is COc1cc(C=C2SC(=O)N(Cc3c(F)cccc3Cl)C2=O)ccc1OCC(=O)Nc1ccccc1. The Morgan fingerprint density at radius 3 is 2.58 bits per heavy atom. The molecule has 1 fully saturated rings. The fourth-order valence-electron chi connectivity index (χ4n) is 3.38. The van der Waals surface area contributed by atoms with E-state index in [9.17, 15) is 18.8 Å². The molecule has 10 heteroatoms. The summed E-state index contributed by atoms with van der Waals surface area (Å²) >= 11 is 6.79. The summed E-state index contributed by atoms with van der Waals surface area (Å²) in [6, 6.07) is 18.0. The Hall–Kier alpha value is -3.82. The van der Waals surface area contributed by atoms with Crippen molar-refractivity contribution in [1.82, 2.24) is 4.90 Å². The van der Waals surface area contributed by atoms with E-state index in [1.165, 1.54) is 31.4 Å². The maximum atomic E-state index is 14.1. The number of benzene rings is 3. The van der Waals surface area contributed by atoms with Gasteiger partial charge in [-0.1, -0.05) is 41.9 Å². The molecule has 0 aliphatic carbocycles. The van der Waals surface area contributed by atoms with Crippen molar-refractivity contribution in [1.29, 1.82) is 0 Å². The summed E-state index contributed by atoms with van der Waals surface area (Å²) < 4.78 is 25.1. The molecule has 36 heavy (non-hydrogen) atoms. The summed E-state index contributed by atoms with van der Waals surface area (Å²) in [6.07, 6.45) is 1.53. The zero-order chi connectivity index (χ0) is 25.7. The maximum Gasteiger partial charge on any atom is 0.293 e. The average molecular weight is 527 g/mol. The van der Waals surface area contributed by atoms with E-state index >= 15 is 0 Å². The summed E-state index contributed by atoms with van der Waals surface area (Å²) in [5.41, 5.74) is 1.30. The quantitative estimate of drug-likeness (QED) is 0.377. The molecule has 3 amide bonds. The minimum Gasteiger partial charge on any atom is -0.493 e. The molecule has 7 nitrogen and oxygen atoms in total. The van der Waals surface area contributed by atoms with Gasteiger partial charge in [0.25, 0.3) is 17.1 Å². The number of methoxy groups -OCH3 is 1. The van der Waals surface area contributed by atoms with Crippen molar-refractivity contribution in [2.45, 2.75) is 6.54 Å². The monoisotopic (exact) mass is 526 g/mol. The van der Waals surface area contributed by atoms with Crippen molar-refractivity contribution in [2.24, 2.45) is 0 Å². The fraction of sp³-hybridized carbons (Fsp3) is 0.115. The van der Waals surface area contributed by atoms with Crippen LogP contribution in [-0.4, -0.2) is 35.7 Å². The van der Waals surface area contributed by atoms with E-state index < -0.39 is 17.0 Å². The Bertz CT molecular complexity index is 1330. The van der Waals surface area contributed by atoms with E-state index in [0.29, 0.717) is 22.7 Å². The molecule has 1 heterocycles. The first-order valence-electron chi connectivity index (χ1n) is 10.7. The van der Waals surface area contributed by atoms with Crippen molar-refractivity contribution < 1.29 is 28.2 Å². The van der Waals surface area contributed by atoms with Crippen LogP contribution in [-0.2, 0) is 16.1 Å². The van der Waals surface area contributed by atoms with Gasteiger partial charge in [0.05, 0.1) is 18.6 Å². The average Bonchev–Trinajstić information content (AvgIpc) is 3.13. The number of thioether (sulfide) groups is 1. The third kappa shape index (κ3) is 5.87. The Morgan fingerprint density at radius 1 is 1.08 bits per heavy atom. The van der Waals surface area contributed by atoms with Crippen LogP contribution in [0.1, 0.15) is 11.1 Å². The van der Waals surface area contributed by atoms with Crippen molar-refractivity contribution in [3.05, 3.63) is 93.6 Å². The van der Waals surface area contributed by atoms with Crippen LogP contribution >= 0.6 is 23.4 Å². The van der Waals surface area contributed by atoms with Crippen molar-refractivity contribution >= 4 is 52.2 Å². The van der Waals surface area contributed by atoms with Gasteiger partial charge in [-0.3, -0.25) is 19.3 Å². The second-order valence-electron chi connectivity index (χ2n) is 7.58. The van der Waals surface area contributed by atoms with E-state index in [0.717, 1.165) is 16.7 Å². The smallest absolute Gasteiger partial charge is 0.293 e. The van der Waals surface area contributed by atoms with Crippen LogP contribution in [0.2, 0.25) is 5.02 Å². The summed E-state index contributed by atoms with van der Waals surface area (Å²) in [4.78, 5) is 38.6. The van der Waals surface area contributed by atoms with E-state index in [4.69, 9.17) is 21.1 Å². The molecule has 3 aromatic carbocycles. The number of nitrogens with zero attached hydrogens (tertiary/aromatic N) is 1. The first kappa shape index (κ1) is 25.3. The molecule has 1 aliphatic rings. The summed E-state index contributed by atoms with van der Waals surface area (Å²) in [5.74, 6) is -0.811. The number of amides is 3. The van der Waals surface area contributed by atoms with Gasteiger partial charge in [-0.15, -0.1) is 0 Å². The lowest BCUT2D eigenvalue weighted by Gasteiger charge is -2.14. The summed E-state index contributed by atoms with van der Waals surface area (Å²) in [6.45, 7) is -0.503. The molecule has 4 rings (SSSR count). The van der Waals surface area contributed by atoms with Gasteiger partial charge in [0.15, 0.2) is 18.1 Å². The number of carbonyl (C=O) groups excluding carboxylic acids is 3. The number of nitrogens with one attached hydrogen (secondary N) is 1. The lowest BCUT2D eigenvalue weighted by molar-refractivity contribution is -0.123. The zero-order valence-electron chi connectivity index (χ0n) is 19.0. The molecule has 0 spiro atoms. The first-order valence-corrected chi connectivity index (χ1v) is 11.9. The minimum atomic E-state index is -0.594. The third-order valence-corrected chi connectivity index (χ3v) is 6.41. The van der Waals surface area contributed by atoms with Crippen LogP contribution in [0.5, 0.6) is 11.5 Å². The Labute approximate surface area is 215 Å². The zero-order valence-corrected chi connectivity index (χ0v) is 20.6. The highest BCUT2D eigenvalue weighted by Crippen LogP contribution is 2.36. The number of ether oxygens (including phenoxy) is 2. The lowest BCUT2D eigenvalue weighted by Crippen LogP contribution is -2.28. The highest BCUT2D eigenvalue weighted by atomic mass is 35.5. The van der Waals surface area contributed by atoms with Crippen molar-refractivity contribution in [3.8, 4) is 11.5 Å².